The van der Waals surface area contributed by atoms with Crippen LogP contribution in [0.3, 0.4) is 0 Å². The lowest BCUT2D eigenvalue weighted by Gasteiger charge is -2.05. The highest BCUT2D eigenvalue weighted by Gasteiger charge is 2.05. The fraction of sp³-hybridized carbons (Fsp3) is 0.167. The maximum Gasteiger partial charge on any atom is 0.128 e. The summed E-state index contributed by atoms with van der Waals surface area (Å²) in [5.74, 6) is 0.909. The van der Waals surface area contributed by atoms with Gasteiger partial charge in [0.2, 0.25) is 0 Å². The molecule has 0 N–H and O–H groups in total. The number of methoxy groups -OCH3 is 1. The molecule has 78 valence electrons. The van der Waals surface area contributed by atoms with Crippen molar-refractivity contribution in [2.75, 3.05) is 7.11 Å². The zero-order valence-electron chi connectivity index (χ0n) is 8.53. The molecule has 1 aromatic heterocycles. The van der Waals surface area contributed by atoms with E-state index in [2.05, 4.69) is 39.2 Å². The Morgan fingerprint density at radius 2 is 2.27 bits per heavy atom. The molecule has 0 saturated heterocycles. The fourth-order valence-electron chi connectivity index (χ4n) is 1.70. The number of hydrogen-bond acceptors (Lipinski definition) is 1. The number of hydrogen-bond donors (Lipinski definition) is 0. The first kappa shape index (κ1) is 10.3. The monoisotopic (exact) mass is 265 g/mol. The predicted molar refractivity (Wildman–Crippen MR) is 66.6 cm³/mol. The Hall–Kier alpha value is -1.22. The molecule has 2 nitrogen and oxygen atoms in total. The van der Waals surface area contributed by atoms with Crippen LogP contribution in [-0.2, 0) is 6.54 Å². The summed E-state index contributed by atoms with van der Waals surface area (Å²) in [7, 11) is 1.69. The molecule has 2 rings (SSSR count). The number of halogens is 1. The third kappa shape index (κ3) is 1.92. The molecule has 2 aromatic rings. The summed E-state index contributed by atoms with van der Waals surface area (Å²) in [5, 5.41) is 1.13. The maximum absolute atomic E-state index is 5.30. The zero-order chi connectivity index (χ0) is 10.8. The molecule has 3 heteroatoms. The van der Waals surface area contributed by atoms with Gasteiger partial charge in [-0.1, -0.05) is 28.6 Å². The van der Waals surface area contributed by atoms with Gasteiger partial charge in [-0.15, -0.1) is 0 Å². The van der Waals surface area contributed by atoms with Crippen molar-refractivity contribution in [3.8, 4) is 5.75 Å². The number of aromatic nitrogens is 1. The van der Waals surface area contributed by atoms with Crippen molar-refractivity contribution in [2.45, 2.75) is 6.54 Å². The summed E-state index contributed by atoms with van der Waals surface area (Å²) in [6, 6.07) is 8.10. The lowest BCUT2D eigenvalue weighted by molar-refractivity contribution is 0.420. The van der Waals surface area contributed by atoms with Crippen molar-refractivity contribution in [3.05, 3.63) is 41.5 Å². The molecular formula is C12H12BrNO. The lowest BCUT2D eigenvalue weighted by Crippen LogP contribution is -1.94. The normalized spacial score (nSPS) is 10.5. The molecule has 0 amide bonds. The van der Waals surface area contributed by atoms with Crippen molar-refractivity contribution in [2.24, 2.45) is 0 Å². The minimum absolute atomic E-state index is 0.774. The second kappa shape index (κ2) is 4.11. The first-order valence-corrected chi connectivity index (χ1v) is 5.47. The Kier molecular flexibility index (Phi) is 2.82. The number of rotatable bonds is 3. The van der Waals surface area contributed by atoms with Crippen molar-refractivity contribution in [1.29, 1.82) is 0 Å². The highest BCUT2D eigenvalue weighted by atomic mass is 79.9. The van der Waals surface area contributed by atoms with E-state index in [0.717, 1.165) is 27.7 Å². The molecule has 0 aliphatic carbocycles. The standard InChI is InChI=1S/C12H12BrNO/c1-9(13)8-14-7-6-10-11(14)4-3-5-12(10)15-2/h3-7H,1,8H2,2H3. The lowest BCUT2D eigenvalue weighted by atomic mass is 10.2. The molecule has 0 unspecified atom stereocenters. The molecular weight excluding hydrogens is 254 g/mol. The topological polar surface area (TPSA) is 14.2 Å². The number of ether oxygens (including phenoxy) is 1. The van der Waals surface area contributed by atoms with Crippen LogP contribution < -0.4 is 4.74 Å². The Balaban J connectivity index is 2.55. The van der Waals surface area contributed by atoms with Gasteiger partial charge in [0.1, 0.15) is 5.75 Å². The molecule has 1 aromatic carbocycles. The highest BCUT2D eigenvalue weighted by molar-refractivity contribution is 9.11. The van der Waals surface area contributed by atoms with Crippen LogP contribution in [0.25, 0.3) is 10.9 Å². The number of nitrogens with zero attached hydrogens (tertiary/aromatic N) is 1. The summed E-state index contributed by atoms with van der Waals surface area (Å²) in [6.07, 6.45) is 2.04. The van der Waals surface area contributed by atoms with Crippen LogP contribution in [0.5, 0.6) is 5.75 Å². The van der Waals surface area contributed by atoms with E-state index in [1.807, 2.05) is 18.3 Å². The SMILES string of the molecule is C=C(Br)Cn1ccc2c(OC)cccc21. The molecule has 0 fully saturated rings. The van der Waals surface area contributed by atoms with E-state index in [9.17, 15) is 0 Å². The van der Waals surface area contributed by atoms with Crippen LogP contribution in [0.2, 0.25) is 0 Å². The Labute approximate surface area is 97.3 Å². The van der Waals surface area contributed by atoms with E-state index in [-0.39, 0.29) is 0 Å². The van der Waals surface area contributed by atoms with Gasteiger partial charge >= 0.3 is 0 Å². The summed E-state index contributed by atoms with van der Waals surface area (Å²) in [4.78, 5) is 0. The smallest absolute Gasteiger partial charge is 0.128 e. The van der Waals surface area contributed by atoms with Gasteiger partial charge in [-0.05, 0) is 18.2 Å². The minimum Gasteiger partial charge on any atom is -0.496 e. The van der Waals surface area contributed by atoms with Crippen molar-refractivity contribution in [1.82, 2.24) is 4.57 Å². The van der Waals surface area contributed by atoms with Gasteiger partial charge in [-0.3, -0.25) is 0 Å². The molecule has 0 aliphatic heterocycles. The van der Waals surface area contributed by atoms with Gasteiger partial charge in [0.05, 0.1) is 19.2 Å². The molecule has 0 radical (unpaired) electrons. The molecule has 0 bridgehead atoms. The summed E-state index contributed by atoms with van der Waals surface area (Å²) >= 11 is 3.37. The van der Waals surface area contributed by atoms with Gasteiger partial charge < -0.3 is 9.30 Å². The van der Waals surface area contributed by atoms with E-state index in [1.165, 1.54) is 0 Å². The predicted octanol–water partition coefficient (Wildman–Crippen LogP) is 3.56. The molecule has 0 aliphatic rings. The maximum atomic E-state index is 5.30. The van der Waals surface area contributed by atoms with Crippen LogP contribution in [0, 0.1) is 0 Å². The van der Waals surface area contributed by atoms with Gasteiger partial charge in [0.15, 0.2) is 0 Å². The summed E-state index contributed by atoms with van der Waals surface area (Å²) in [6.45, 7) is 4.62. The largest absolute Gasteiger partial charge is 0.496 e. The Morgan fingerprint density at radius 3 is 2.93 bits per heavy atom. The fourth-order valence-corrected chi connectivity index (χ4v) is 1.97. The molecule has 0 spiro atoms. The van der Waals surface area contributed by atoms with E-state index in [0.29, 0.717) is 0 Å². The summed E-state index contributed by atoms with van der Waals surface area (Å²) < 4.78 is 8.39. The third-order valence-corrected chi connectivity index (χ3v) is 2.59. The third-order valence-electron chi connectivity index (χ3n) is 2.34. The molecule has 15 heavy (non-hydrogen) atoms. The van der Waals surface area contributed by atoms with Crippen LogP contribution in [0.1, 0.15) is 0 Å². The molecule has 1 heterocycles. The number of benzene rings is 1. The van der Waals surface area contributed by atoms with Crippen LogP contribution in [-0.4, -0.2) is 11.7 Å². The number of fused-ring (bicyclic) bond motifs is 1. The number of allylic oxidation sites excluding steroid dienone is 1. The second-order valence-corrected chi connectivity index (χ2v) is 4.48. The zero-order valence-corrected chi connectivity index (χ0v) is 10.1. The first-order valence-electron chi connectivity index (χ1n) is 4.67. The minimum atomic E-state index is 0.774. The van der Waals surface area contributed by atoms with Crippen LogP contribution >= 0.6 is 15.9 Å². The van der Waals surface area contributed by atoms with Crippen LogP contribution in [0.4, 0.5) is 0 Å². The average Bonchev–Trinajstić information content (AvgIpc) is 2.61. The van der Waals surface area contributed by atoms with Crippen molar-refractivity contribution in [3.63, 3.8) is 0 Å². The van der Waals surface area contributed by atoms with E-state index in [4.69, 9.17) is 4.74 Å². The van der Waals surface area contributed by atoms with Gasteiger partial charge in [-0.25, -0.2) is 0 Å². The Morgan fingerprint density at radius 1 is 1.47 bits per heavy atom. The first-order chi connectivity index (χ1) is 7.22. The molecule has 0 atom stereocenters. The second-order valence-electron chi connectivity index (χ2n) is 3.35. The van der Waals surface area contributed by atoms with E-state index < -0.39 is 0 Å². The quantitative estimate of drug-likeness (QED) is 0.828. The van der Waals surface area contributed by atoms with E-state index in [1.54, 1.807) is 7.11 Å². The van der Waals surface area contributed by atoms with Crippen molar-refractivity contribution < 1.29 is 4.74 Å². The van der Waals surface area contributed by atoms with E-state index >= 15 is 0 Å². The highest BCUT2D eigenvalue weighted by Crippen LogP contribution is 2.26. The summed E-state index contributed by atoms with van der Waals surface area (Å²) in [5.41, 5.74) is 1.16. The molecule has 0 saturated carbocycles. The average molecular weight is 266 g/mol. The Bertz CT molecular complexity index is 501. The van der Waals surface area contributed by atoms with Gasteiger partial charge in [0.25, 0.3) is 0 Å². The van der Waals surface area contributed by atoms with Crippen molar-refractivity contribution >= 4 is 26.8 Å². The van der Waals surface area contributed by atoms with Crippen LogP contribution in [0.15, 0.2) is 41.5 Å². The van der Waals surface area contributed by atoms with Gasteiger partial charge in [0, 0.05) is 16.1 Å². The van der Waals surface area contributed by atoms with Gasteiger partial charge in [-0.2, -0.15) is 0 Å².